The van der Waals surface area contributed by atoms with Gasteiger partial charge in [0.1, 0.15) is 5.69 Å². The van der Waals surface area contributed by atoms with Gasteiger partial charge in [0.25, 0.3) is 0 Å². The van der Waals surface area contributed by atoms with Crippen molar-refractivity contribution in [2.75, 3.05) is 0 Å². The van der Waals surface area contributed by atoms with E-state index in [4.69, 9.17) is 5.11 Å². The van der Waals surface area contributed by atoms with Gasteiger partial charge in [0.15, 0.2) is 0 Å². The number of alkyl halides is 1. The van der Waals surface area contributed by atoms with E-state index in [2.05, 4.69) is 22.9 Å². The van der Waals surface area contributed by atoms with Gasteiger partial charge in [-0.15, -0.1) is 0 Å². The summed E-state index contributed by atoms with van der Waals surface area (Å²) in [7, 11) is 0. The van der Waals surface area contributed by atoms with Crippen LogP contribution in [-0.2, 0) is 6.54 Å². The number of carboxylic acid groups (broad SMARTS) is 1. The number of aromatic carboxylic acids is 1. The predicted molar refractivity (Wildman–Crippen MR) is 96.0 cm³/mol. The Kier molecular flexibility index (Phi) is 10.3. The molecule has 0 radical (unpaired) electrons. The van der Waals surface area contributed by atoms with Crippen LogP contribution in [0.2, 0.25) is 0 Å². The second-order valence-electron chi connectivity index (χ2n) is 6.04. The monoisotopic (exact) mass is 371 g/mol. The third kappa shape index (κ3) is 8.02. The standard InChI is InChI=1S/C18H30BrNO2/c1-2-3-4-5-6-7-8-9-11-16(19)13-15-20-14-10-12-17(20)18(21)22/h10,12,14,16H,2-9,11,13,15H2,1H3,(H,21,22). The zero-order chi connectivity index (χ0) is 16.2. The minimum atomic E-state index is -0.848. The second kappa shape index (κ2) is 11.8. The molecule has 0 spiro atoms. The lowest BCUT2D eigenvalue weighted by Crippen LogP contribution is -2.11. The number of hydrogen-bond acceptors (Lipinski definition) is 1. The van der Waals surface area contributed by atoms with Crippen LogP contribution in [0.1, 0.15) is 81.6 Å². The van der Waals surface area contributed by atoms with E-state index in [1.54, 1.807) is 12.1 Å². The van der Waals surface area contributed by atoms with E-state index in [0.717, 1.165) is 13.0 Å². The number of aromatic nitrogens is 1. The fraction of sp³-hybridized carbons (Fsp3) is 0.722. The highest BCUT2D eigenvalue weighted by Crippen LogP contribution is 2.18. The molecule has 0 aromatic carbocycles. The molecule has 1 aromatic rings. The minimum absolute atomic E-state index is 0.381. The van der Waals surface area contributed by atoms with Crippen LogP contribution in [0.3, 0.4) is 0 Å². The van der Waals surface area contributed by atoms with Crippen LogP contribution in [0, 0.1) is 0 Å². The van der Waals surface area contributed by atoms with Crippen LogP contribution >= 0.6 is 15.9 Å². The van der Waals surface area contributed by atoms with Crippen molar-refractivity contribution in [1.29, 1.82) is 0 Å². The van der Waals surface area contributed by atoms with Gasteiger partial charge in [-0.2, -0.15) is 0 Å². The number of unbranched alkanes of at least 4 members (excludes halogenated alkanes) is 7. The van der Waals surface area contributed by atoms with Gasteiger partial charge >= 0.3 is 5.97 Å². The molecular weight excluding hydrogens is 342 g/mol. The zero-order valence-electron chi connectivity index (χ0n) is 13.8. The topological polar surface area (TPSA) is 42.2 Å². The lowest BCUT2D eigenvalue weighted by Gasteiger charge is -2.11. The van der Waals surface area contributed by atoms with Gasteiger partial charge in [-0.05, 0) is 25.0 Å². The molecule has 4 heteroatoms. The molecule has 0 saturated carbocycles. The summed E-state index contributed by atoms with van der Waals surface area (Å²) < 4.78 is 1.82. The highest BCUT2D eigenvalue weighted by atomic mass is 79.9. The summed E-state index contributed by atoms with van der Waals surface area (Å²) in [6.45, 7) is 3.02. The van der Waals surface area contributed by atoms with Gasteiger partial charge < -0.3 is 9.67 Å². The Hall–Kier alpha value is -0.770. The summed E-state index contributed by atoms with van der Waals surface area (Å²) in [4.78, 5) is 11.5. The van der Waals surface area contributed by atoms with E-state index in [1.165, 1.54) is 57.8 Å². The van der Waals surface area contributed by atoms with Gasteiger partial charge in [-0.25, -0.2) is 4.79 Å². The molecule has 1 unspecified atom stereocenters. The third-order valence-corrected chi connectivity index (χ3v) is 5.02. The van der Waals surface area contributed by atoms with Crippen LogP contribution in [-0.4, -0.2) is 20.5 Å². The Morgan fingerprint density at radius 1 is 1.14 bits per heavy atom. The Bertz CT molecular complexity index is 417. The molecule has 1 heterocycles. The number of hydrogen-bond donors (Lipinski definition) is 1. The number of halogens is 1. The van der Waals surface area contributed by atoms with E-state index in [-0.39, 0.29) is 0 Å². The highest BCUT2D eigenvalue weighted by molar-refractivity contribution is 9.09. The van der Waals surface area contributed by atoms with Crippen LogP contribution in [0.25, 0.3) is 0 Å². The van der Waals surface area contributed by atoms with Gasteiger partial charge in [-0.3, -0.25) is 0 Å². The molecule has 1 atom stereocenters. The average Bonchev–Trinajstić information content (AvgIpc) is 2.96. The van der Waals surface area contributed by atoms with Crippen molar-refractivity contribution in [1.82, 2.24) is 4.57 Å². The summed E-state index contributed by atoms with van der Waals surface area (Å²) >= 11 is 3.73. The molecule has 0 aliphatic carbocycles. The summed E-state index contributed by atoms with van der Waals surface area (Å²) in [5, 5.41) is 9.07. The number of aryl methyl sites for hydroxylation is 1. The van der Waals surface area contributed by atoms with Crippen molar-refractivity contribution in [2.45, 2.75) is 82.5 Å². The van der Waals surface area contributed by atoms with Gasteiger partial charge in [-0.1, -0.05) is 74.2 Å². The molecule has 0 saturated heterocycles. The minimum Gasteiger partial charge on any atom is -0.477 e. The zero-order valence-corrected chi connectivity index (χ0v) is 15.4. The highest BCUT2D eigenvalue weighted by Gasteiger charge is 2.10. The number of carbonyl (C=O) groups is 1. The van der Waals surface area contributed by atoms with Crippen molar-refractivity contribution in [2.24, 2.45) is 0 Å². The van der Waals surface area contributed by atoms with E-state index in [0.29, 0.717) is 10.5 Å². The molecule has 126 valence electrons. The first-order chi connectivity index (χ1) is 10.6. The normalized spacial score (nSPS) is 12.5. The van der Waals surface area contributed by atoms with Gasteiger partial charge in [0.05, 0.1) is 0 Å². The molecule has 22 heavy (non-hydrogen) atoms. The molecular formula is C18H30BrNO2. The van der Waals surface area contributed by atoms with Crippen molar-refractivity contribution < 1.29 is 9.90 Å². The Morgan fingerprint density at radius 3 is 2.41 bits per heavy atom. The SMILES string of the molecule is CCCCCCCCCCC(Br)CCn1cccc1C(=O)O. The molecule has 3 nitrogen and oxygen atoms in total. The maximum Gasteiger partial charge on any atom is 0.352 e. The predicted octanol–water partition coefficient (Wildman–Crippen LogP) is 5.87. The molecule has 0 bridgehead atoms. The number of nitrogens with zero attached hydrogens (tertiary/aromatic N) is 1. The summed E-state index contributed by atoms with van der Waals surface area (Å²) in [5.74, 6) is -0.848. The van der Waals surface area contributed by atoms with Crippen molar-refractivity contribution in [3.05, 3.63) is 24.0 Å². The molecule has 1 N–H and O–H groups in total. The van der Waals surface area contributed by atoms with Crippen LogP contribution < -0.4 is 0 Å². The first-order valence-electron chi connectivity index (χ1n) is 8.67. The maximum absolute atomic E-state index is 11.0. The van der Waals surface area contributed by atoms with E-state index in [1.807, 2.05) is 10.8 Å². The second-order valence-corrected chi connectivity index (χ2v) is 7.34. The van der Waals surface area contributed by atoms with Crippen molar-refractivity contribution in [3.63, 3.8) is 0 Å². The summed E-state index contributed by atoms with van der Waals surface area (Å²) in [6, 6.07) is 3.45. The number of carboxylic acids is 1. The third-order valence-electron chi connectivity index (χ3n) is 4.10. The molecule has 0 aliphatic rings. The van der Waals surface area contributed by atoms with Gasteiger partial charge in [0, 0.05) is 17.6 Å². The summed E-state index contributed by atoms with van der Waals surface area (Å²) in [6.07, 6.45) is 14.8. The van der Waals surface area contributed by atoms with E-state index >= 15 is 0 Å². The van der Waals surface area contributed by atoms with Crippen LogP contribution in [0.4, 0.5) is 0 Å². The van der Waals surface area contributed by atoms with E-state index < -0.39 is 5.97 Å². The quantitative estimate of drug-likeness (QED) is 0.347. The van der Waals surface area contributed by atoms with Gasteiger partial charge in [0.2, 0.25) is 0 Å². The molecule has 1 aromatic heterocycles. The largest absolute Gasteiger partial charge is 0.477 e. The fourth-order valence-corrected chi connectivity index (χ4v) is 3.25. The Morgan fingerprint density at radius 2 is 1.77 bits per heavy atom. The van der Waals surface area contributed by atoms with Crippen molar-refractivity contribution in [3.8, 4) is 0 Å². The first-order valence-corrected chi connectivity index (χ1v) is 9.59. The Labute approximate surface area is 143 Å². The first kappa shape index (κ1) is 19.3. The van der Waals surface area contributed by atoms with Crippen molar-refractivity contribution >= 4 is 21.9 Å². The molecule has 1 rings (SSSR count). The molecule has 0 amide bonds. The lowest BCUT2D eigenvalue weighted by molar-refractivity contribution is 0.0685. The maximum atomic E-state index is 11.0. The van der Waals surface area contributed by atoms with E-state index in [9.17, 15) is 4.79 Å². The summed E-state index contributed by atoms with van der Waals surface area (Å²) in [5.41, 5.74) is 0.381. The Balaban J connectivity index is 2.05. The average molecular weight is 372 g/mol. The molecule has 0 fully saturated rings. The lowest BCUT2D eigenvalue weighted by atomic mass is 10.1. The van der Waals surface area contributed by atoms with Crippen LogP contribution in [0.15, 0.2) is 18.3 Å². The van der Waals surface area contributed by atoms with Crippen LogP contribution in [0.5, 0.6) is 0 Å². The smallest absolute Gasteiger partial charge is 0.352 e. The fourth-order valence-electron chi connectivity index (χ4n) is 2.73. The number of rotatable bonds is 13. The molecule has 0 aliphatic heterocycles.